The van der Waals surface area contributed by atoms with Crippen molar-refractivity contribution in [1.82, 2.24) is 0 Å². The quantitative estimate of drug-likeness (QED) is 0.856. The lowest BCUT2D eigenvalue weighted by molar-refractivity contribution is -0.160. The lowest BCUT2D eigenvalue weighted by Crippen LogP contribution is -2.36. The SMILES string of the molecule is CC(C)(C)OC(=O)COCC1COc2ccccc2N1. The summed E-state index contributed by atoms with van der Waals surface area (Å²) in [5, 5.41) is 3.32. The molecule has 1 heterocycles. The van der Waals surface area contributed by atoms with Crippen molar-refractivity contribution in [2.75, 3.05) is 25.1 Å². The van der Waals surface area contributed by atoms with Gasteiger partial charge in [0, 0.05) is 0 Å². The first-order chi connectivity index (χ1) is 9.44. The van der Waals surface area contributed by atoms with Gasteiger partial charge in [0.1, 0.15) is 24.6 Å². The van der Waals surface area contributed by atoms with Crippen molar-refractivity contribution in [3.05, 3.63) is 24.3 Å². The van der Waals surface area contributed by atoms with Gasteiger partial charge in [-0.25, -0.2) is 4.79 Å². The number of hydrogen-bond donors (Lipinski definition) is 1. The van der Waals surface area contributed by atoms with Gasteiger partial charge in [-0.15, -0.1) is 0 Å². The molecule has 1 unspecified atom stereocenters. The summed E-state index contributed by atoms with van der Waals surface area (Å²) in [6.45, 7) is 6.37. The van der Waals surface area contributed by atoms with Crippen molar-refractivity contribution in [3.63, 3.8) is 0 Å². The molecule has 1 aliphatic rings. The summed E-state index contributed by atoms with van der Waals surface area (Å²) in [5.74, 6) is 0.491. The number of carbonyl (C=O) groups excluding carboxylic acids is 1. The highest BCUT2D eigenvalue weighted by molar-refractivity contribution is 5.71. The Labute approximate surface area is 119 Å². The second kappa shape index (κ2) is 6.13. The molecular weight excluding hydrogens is 258 g/mol. The summed E-state index contributed by atoms with van der Waals surface area (Å²) in [6.07, 6.45) is 0. The maximum absolute atomic E-state index is 11.5. The normalized spacial score (nSPS) is 17.6. The molecular formula is C15H21NO4. The number of fused-ring (bicyclic) bond motifs is 1. The zero-order valence-electron chi connectivity index (χ0n) is 12.1. The molecule has 2 rings (SSSR count). The van der Waals surface area contributed by atoms with E-state index in [4.69, 9.17) is 14.2 Å². The topological polar surface area (TPSA) is 56.8 Å². The van der Waals surface area contributed by atoms with Gasteiger partial charge in [-0.1, -0.05) is 12.1 Å². The Morgan fingerprint density at radius 2 is 2.15 bits per heavy atom. The van der Waals surface area contributed by atoms with E-state index in [-0.39, 0.29) is 18.6 Å². The highest BCUT2D eigenvalue weighted by Gasteiger charge is 2.20. The van der Waals surface area contributed by atoms with Gasteiger partial charge in [-0.2, -0.15) is 0 Å². The van der Waals surface area contributed by atoms with Gasteiger partial charge in [0.15, 0.2) is 0 Å². The number of hydrogen-bond acceptors (Lipinski definition) is 5. The minimum atomic E-state index is -0.481. The number of nitrogens with one attached hydrogen (secondary N) is 1. The zero-order chi connectivity index (χ0) is 14.6. The van der Waals surface area contributed by atoms with E-state index in [0.717, 1.165) is 11.4 Å². The van der Waals surface area contributed by atoms with Crippen LogP contribution in [0.1, 0.15) is 20.8 Å². The van der Waals surface area contributed by atoms with E-state index in [9.17, 15) is 4.79 Å². The molecule has 5 nitrogen and oxygen atoms in total. The summed E-state index contributed by atoms with van der Waals surface area (Å²) in [4.78, 5) is 11.5. The van der Waals surface area contributed by atoms with Crippen LogP contribution >= 0.6 is 0 Å². The standard InChI is InChI=1S/C15H21NO4/c1-15(2,3)20-14(17)10-18-8-11-9-19-13-7-5-4-6-12(13)16-11/h4-7,11,16H,8-10H2,1-3H3. The van der Waals surface area contributed by atoms with Crippen LogP contribution in [0.4, 0.5) is 5.69 Å². The molecule has 1 aromatic rings. The van der Waals surface area contributed by atoms with Gasteiger partial charge in [-0.3, -0.25) is 0 Å². The van der Waals surface area contributed by atoms with E-state index < -0.39 is 5.60 Å². The molecule has 5 heteroatoms. The molecule has 20 heavy (non-hydrogen) atoms. The van der Waals surface area contributed by atoms with Crippen molar-refractivity contribution in [2.24, 2.45) is 0 Å². The molecule has 0 aliphatic carbocycles. The predicted molar refractivity (Wildman–Crippen MR) is 76.0 cm³/mol. The number of carbonyl (C=O) groups is 1. The first-order valence-corrected chi connectivity index (χ1v) is 6.72. The monoisotopic (exact) mass is 279 g/mol. The molecule has 0 radical (unpaired) electrons. The number of anilines is 1. The van der Waals surface area contributed by atoms with E-state index in [1.807, 2.05) is 45.0 Å². The second-order valence-electron chi connectivity index (χ2n) is 5.75. The molecule has 0 aromatic heterocycles. The van der Waals surface area contributed by atoms with Crippen LogP contribution in [0.15, 0.2) is 24.3 Å². The number of ether oxygens (including phenoxy) is 3. The van der Waals surface area contributed by atoms with Crippen LogP contribution in [0.5, 0.6) is 5.75 Å². The summed E-state index contributed by atoms with van der Waals surface area (Å²) in [6, 6.07) is 7.78. The Hall–Kier alpha value is -1.75. The maximum Gasteiger partial charge on any atom is 0.332 e. The second-order valence-corrected chi connectivity index (χ2v) is 5.75. The zero-order valence-corrected chi connectivity index (χ0v) is 12.1. The third-order valence-electron chi connectivity index (χ3n) is 2.65. The van der Waals surface area contributed by atoms with E-state index in [2.05, 4.69) is 5.32 Å². The fraction of sp³-hybridized carbons (Fsp3) is 0.533. The van der Waals surface area contributed by atoms with Gasteiger partial charge in [0.25, 0.3) is 0 Å². The Kier molecular flexibility index (Phi) is 4.49. The van der Waals surface area contributed by atoms with Crippen LogP contribution in [0.3, 0.4) is 0 Å². The highest BCUT2D eigenvalue weighted by atomic mass is 16.6. The van der Waals surface area contributed by atoms with Gasteiger partial charge in [-0.05, 0) is 32.9 Å². The average molecular weight is 279 g/mol. The molecule has 1 N–H and O–H groups in total. The fourth-order valence-electron chi connectivity index (χ4n) is 1.91. The van der Waals surface area contributed by atoms with Gasteiger partial charge in [0.05, 0.1) is 18.3 Å². The highest BCUT2D eigenvalue weighted by Crippen LogP contribution is 2.27. The summed E-state index contributed by atoms with van der Waals surface area (Å²) < 4.78 is 16.2. The maximum atomic E-state index is 11.5. The number of benzene rings is 1. The van der Waals surface area contributed by atoms with Crippen LogP contribution in [0.25, 0.3) is 0 Å². The molecule has 0 spiro atoms. The molecule has 0 bridgehead atoms. The van der Waals surface area contributed by atoms with Crippen molar-refractivity contribution in [2.45, 2.75) is 32.4 Å². The van der Waals surface area contributed by atoms with E-state index in [1.54, 1.807) is 0 Å². The lowest BCUT2D eigenvalue weighted by atomic mass is 10.2. The molecule has 0 saturated carbocycles. The largest absolute Gasteiger partial charge is 0.489 e. The van der Waals surface area contributed by atoms with Crippen LogP contribution in [-0.2, 0) is 14.3 Å². The molecule has 0 saturated heterocycles. The van der Waals surface area contributed by atoms with Crippen LogP contribution < -0.4 is 10.1 Å². The first kappa shape index (κ1) is 14.7. The van der Waals surface area contributed by atoms with Gasteiger partial charge >= 0.3 is 5.97 Å². The molecule has 1 aromatic carbocycles. The summed E-state index contributed by atoms with van der Waals surface area (Å²) in [7, 11) is 0. The molecule has 0 fully saturated rings. The van der Waals surface area contributed by atoms with Crippen molar-refractivity contribution < 1.29 is 19.0 Å². The number of esters is 1. The summed E-state index contributed by atoms with van der Waals surface area (Å²) in [5.41, 5.74) is 0.468. The Balaban J connectivity index is 1.73. The van der Waals surface area contributed by atoms with Crippen LogP contribution in [0.2, 0.25) is 0 Å². The third-order valence-corrected chi connectivity index (χ3v) is 2.65. The van der Waals surface area contributed by atoms with E-state index in [1.165, 1.54) is 0 Å². The van der Waals surface area contributed by atoms with Crippen molar-refractivity contribution in [1.29, 1.82) is 0 Å². The third kappa shape index (κ3) is 4.42. The smallest absolute Gasteiger partial charge is 0.332 e. The van der Waals surface area contributed by atoms with Gasteiger partial charge in [0.2, 0.25) is 0 Å². The predicted octanol–water partition coefficient (Wildman–Crippen LogP) is 2.22. The molecule has 1 aliphatic heterocycles. The minimum absolute atomic E-state index is 0.0346. The first-order valence-electron chi connectivity index (χ1n) is 6.72. The van der Waals surface area contributed by atoms with Crippen molar-refractivity contribution >= 4 is 11.7 Å². The Morgan fingerprint density at radius 1 is 1.40 bits per heavy atom. The minimum Gasteiger partial charge on any atom is -0.489 e. The molecule has 110 valence electrons. The number of para-hydroxylation sites is 2. The van der Waals surface area contributed by atoms with Crippen molar-refractivity contribution in [3.8, 4) is 5.75 Å². The Morgan fingerprint density at radius 3 is 2.90 bits per heavy atom. The molecule has 0 amide bonds. The summed E-state index contributed by atoms with van der Waals surface area (Å²) >= 11 is 0. The number of rotatable bonds is 4. The van der Waals surface area contributed by atoms with Crippen LogP contribution in [-0.4, -0.2) is 37.4 Å². The van der Waals surface area contributed by atoms with E-state index >= 15 is 0 Å². The Bertz CT molecular complexity index is 467. The lowest BCUT2D eigenvalue weighted by Gasteiger charge is -2.27. The van der Waals surface area contributed by atoms with E-state index in [0.29, 0.717) is 13.2 Å². The van der Waals surface area contributed by atoms with Crippen LogP contribution in [0, 0.1) is 0 Å². The molecule has 1 atom stereocenters. The fourth-order valence-corrected chi connectivity index (χ4v) is 1.91. The van der Waals surface area contributed by atoms with Gasteiger partial charge < -0.3 is 19.5 Å². The average Bonchev–Trinajstić information content (AvgIpc) is 2.36.